The van der Waals surface area contributed by atoms with Crippen molar-refractivity contribution < 1.29 is 9.53 Å². The number of carbonyl (C=O) groups is 1. The Kier molecular flexibility index (Phi) is 9.15. The van der Waals surface area contributed by atoms with E-state index in [1.807, 2.05) is 11.6 Å². The van der Waals surface area contributed by atoms with Crippen LogP contribution in [0.4, 0.5) is 0 Å². The highest BCUT2D eigenvalue weighted by molar-refractivity contribution is 7.99. The van der Waals surface area contributed by atoms with E-state index >= 15 is 0 Å². The number of rotatable bonds is 9. The van der Waals surface area contributed by atoms with Crippen LogP contribution in [-0.2, 0) is 18.3 Å². The molecule has 0 aliphatic heterocycles. The first-order valence-electron chi connectivity index (χ1n) is 10.4. The van der Waals surface area contributed by atoms with Crippen molar-refractivity contribution in [1.29, 1.82) is 0 Å². The molecule has 9 heteroatoms. The van der Waals surface area contributed by atoms with E-state index in [-0.39, 0.29) is 5.91 Å². The predicted octanol–water partition coefficient (Wildman–Crippen LogP) is 5.06. The number of carbonyl (C=O) groups excluding carboxylic acids is 1. The molecule has 1 fully saturated rings. The average molecular weight is 471 g/mol. The highest BCUT2D eigenvalue weighted by atomic mass is 35.5. The van der Waals surface area contributed by atoms with Gasteiger partial charge in [-0.25, -0.2) is 0 Å². The summed E-state index contributed by atoms with van der Waals surface area (Å²) in [6.45, 7) is 0.514. The van der Waals surface area contributed by atoms with Crippen LogP contribution in [0.2, 0.25) is 10.0 Å². The third-order valence-corrected chi connectivity index (χ3v) is 6.72. The van der Waals surface area contributed by atoms with E-state index in [9.17, 15) is 4.79 Å². The molecule has 30 heavy (non-hydrogen) atoms. The molecule has 0 bridgehead atoms. The summed E-state index contributed by atoms with van der Waals surface area (Å²) in [5.74, 6) is 1.92. The number of halogens is 2. The Bertz CT molecular complexity index is 838. The molecule has 1 aliphatic rings. The zero-order valence-electron chi connectivity index (χ0n) is 17.2. The molecule has 0 atom stereocenters. The van der Waals surface area contributed by atoms with Gasteiger partial charge < -0.3 is 14.6 Å². The van der Waals surface area contributed by atoms with Gasteiger partial charge in [0, 0.05) is 24.5 Å². The second-order valence-electron chi connectivity index (χ2n) is 7.53. The van der Waals surface area contributed by atoms with Crippen LogP contribution < -0.4 is 10.1 Å². The van der Waals surface area contributed by atoms with Crippen molar-refractivity contribution in [2.75, 3.05) is 12.4 Å². The smallest absolute Gasteiger partial charge is 0.230 e. The lowest BCUT2D eigenvalue weighted by Crippen LogP contribution is -2.35. The van der Waals surface area contributed by atoms with E-state index in [1.165, 1.54) is 37.4 Å². The van der Waals surface area contributed by atoms with Crippen LogP contribution in [0.3, 0.4) is 0 Å². The third-order valence-electron chi connectivity index (χ3n) is 5.17. The minimum Gasteiger partial charge on any atom is -0.492 e. The Balaban J connectivity index is 1.40. The summed E-state index contributed by atoms with van der Waals surface area (Å²) < 4.78 is 7.66. The Hall–Kier alpha value is -1.44. The molecule has 164 valence electrons. The van der Waals surface area contributed by atoms with E-state index in [4.69, 9.17) is 27.9 Å². The van der Waals surface area contributed by atoms with Crippen molar-refractivity contribution in [3.63, 3.8) is 0 Å². The molecule has 1 aromatic carbocycles. The number of benzene rings is 1. The molecule has 3 rings (SSSR count). The van der Waals surface area contributed by atoms with Crippen LogP contribution in [0, 0.1) is 0 Å². The summed E-state index contributed by atoms with van der Waals surface area (Å²) >= 11 is 13.4. The molecule has 1 aromatic heterocycles. The maximum atomic E-state index is 12.3. The van der Waals surface area contributed by atoms with Crippen LogP contribution in [0.5, 0.6) is 5.75 Å². The number of hydrogen-bond donors (Lipinski definition) is 1. The van der Waals surface area contributed by atoms with Gasteiger partial charge in [-0.1, -0.05) is 60.6 Å². The van der Waals surface area contributed by atoms with Gasteiger partial charge in [0.25, 0.3) is 0 Å². The van der Waals surface area contributed by atoms with Gasteiger partial charge in [0.2, 0.25) is 5.91 Å². The molecule has 0 spiro atoms. The summed E-state index contributed by atoms with van der Waals surface area (Å²) in [7, 11) is 1.93. The fourth-order valence-electron chi connectivity index (χ4n) is 3.52. The van der Waals surface area contributed by atoms with E-state index in [2.05, 4.69) is 15.5 Å². The van der Waals surface area contributed by atoms with Gasteiger partial charge in [-0.2, -0.15) is 0 Å². The van der Waals surface area contributed by atoms with Crippen LogP contribution >= 0.6 is 35.0 Å². The summed E-state index contributed by atoms with van der Waals surface area (Å²) in [4.78, 5) is 12.3. The summed E-state index contributed by atoms with van der Waals surface area (Å²) in [6.07, 6.45) is 8.65. The van der Waals surface area contributed by atoms with Crippen LogP contribution in [-0.4, -0.2) is 39.1 Å². The van der Waals surface area contributed by atoms with Gasteiger partial charge in [-0.3, -0.25) is 4.79 Å². The number of hydrogen-bond acceptors (Lipinski definition) is 5. The standard InChI is InChI=1S/C21H28Cl2N4O2S/c1-27-19(9-6-12-29-18-11-10-15(22)13-17(18)23)25-26-21(27)30-14-20(28)24-16-7-4-2-3-5-8-16/h10-11,13,16H,2-9,12,14H2,1H3,(H,24,28). The molecule has 1 heterocycles. The molecule has 2 aromatic rings. The molecular formula is C21H28Cl2N4O2S. The monoisotopic (exact) mass is 470 g/mol. The van der Waals surface area contributed by atoms with Crippen LogP contribution in [0.15, 0.2) is 23.4 Å². The van der Waals surface area contributed by atoms with Crippen molar-refractivity contribution in [2.24, 2.45) is 7.05 Å². The van der Waals surface area contributed by atoms with Gasteiger partial charge >= 0.3 is 0 Å². The lowest BCUT2D eigenvalue weighted by Gasteiger charge is -2.15. The normalized spacial score (nSPS) is 15.0. The lowest BCUT2D eigenvalue weighted by molar-refractivity contribution is -0.119. The number of ether oxygens (including phenoxy) is 1. The summed E-state index contributed by atoms with van der Waals surface area (Å²) in [5.41, 5.74) is 0. The van der Waals surface area contributed by atoms with Crippen molar-refractivity contribution >= 4 is 40.9 Å². The van der Waals surface area contributed by atoms with Gasteiger partial charge in [-0.15, -0.1) is 10.2 Å². The van der Waals surface area contributed by atoms with Crippen molar-refractivity contribution in [3.8, 4) is 5.75 Å². The molecule has 1 amide bonds. The second-order valence-corrected chi connectivity index (χ2v) is 9.32. The quantitative estimate of drug-likeness (QED) is 0.314. The topological polar surface area (TPSA) is 69.0 Å². The van der Waals surface area contributed by atoms with Crippen molar-refractivity contribution in [1.82, 2.24) is 20.1 Å². The number of thioether (sulfide) groups is 1. The fourth-order valence-corrected chi connectivity index (χ4v) is 4.72. The number of aryl methyl sites for hydroxylation is 1. The summed E-state index contributed by atoms with van der Waals surface area (Å²) in [6, 6.07) is 5.50. The number of nitrogens with zero attached hydrogens (tertiary/aromatic N) is 3. The molecule has 1 N–H and O–H groups in total. The van der Waals surface area contributed by atoms with Crippen molar-refractivity contribution in [2.45, 2.75) is 62.6 Å². The number of nitrogens with one attached hydrogen (secondary N) is 1. The van der Waals surface area contributed by atoms with E-state index in [0.29, 0.717) is 34.2 Å². The Morgan fingerprint density at radius 3 is 2.73 bits per heavy atom. The minimum atomic E-state index is 0.0738. The molecule has 1 saturated carbocycles. The largest absolute Gasteiger partial charge is 0.492 e. The van der Waals surface area contributed by atoms with Gasteiger partial charge in [0.15, 0.2) is 5.16 Å². The number of aromatic nitrogens is 3. The fraction of sp³-hybridized carbons (Fsp3) is 0.571. The lowest BCUT2D eigenvalue weighted by atomic mass is 10.1. The minimum absolute atomic E-state index is 0.0738. The third kappa shape index (κ3) is 7.06. The molecule has 0 radical (unpaired) electrons. The Morgan fingerprint density at radius 2 is 2.00 bits per heavy atom. The maximum Gasteiger partial charge on any atom is 0.230 e. The average Bonchev–Trinajstić information content (AvgIpc) is 2.90. The molecule has 0 saturated heterocycles. The zero-order chi connectivity index (χ0) is 21.3. The molecule has 0 unspecified atom stereocenters. The molecule has 6 nitrogen and oxygen atoms in total. The highest BCUT2D eigenvalue weighted by Crippen LogP contribution is 2.27. The van der Waals surface area contributed by atoms with E-state index in [0.717, 1.165) is 36.7 Å². The van der Waals surface area contributed by atoms with Gasteiger partial charge in [0.1, 0.15) is 11.6 Å². The van der Waals surface area contributed by atoms with E-state index in [1.54, 1.807) is 18.2 Å². The first-order chi connectivity index (χ1) is 14.5. The molecular weight excluding hydrogens is 443 g/mol. The molecule has 1 aliphatic carbocycles. The zero-order valence-corrected chi connectivity index (χ0v) is 19.5. The van der Waals surface area contributed by atoms with Crippen molar-refractivity contribution in [3.05, 3.63) is 34.1 Å². The first-order valence-corrected chi connectivity index (χ1v) is 12.2. The number of amides is 1. The van der Waals surface area contributed by atoms with E-state index < -0.39 is 0 Å². The predicted molar refractivity (Wildman–Crippen MR) is 122 cm³/mol. The van der Waals surface area contributed by atoms with Crippen LogP contribution in [0.1, 0.15) is 50.8 Å². The Labute approximate surface area is 192 Å². The van der Waals surface area contributed by atoms with Gasteiger partial charge in [-0.05, 0) is 37.5 Å². The SMILES string of the molecule is Cn1c(CCCOc2ccc(Cl)cc2Cl)nnc1SCC(=O)NC1CCCCCC1. The van der Waals surface area contributed by atoms with Crippen LogP contribution in [0.25, 0.3) is 0 Å². The summed E-state index contributed by atoms with van der Waals surface area (Å²) in [5, 5.41) is 13.5. The highest BCUT2D eigenvalue weighted by Gasteiger charge is 2.16. The Morgan fingerprint density at radius 1 is 1.23 bits per heavy atom. The maximum absolute atomic E-state index is 12.3. The first kappa shape index (κ1) is 23.2. The second kappa shape index (κ2) is 11.8. The van der Waals surface area contributed by atoms with Gasteiger partial charge in [0.05, 0.1) is 17.4 Å².